The second-order valence-corrected chi connectivity index (χ2v) is 34.9. The second-order valence-electron chi connectivity index (χ2n) is 30.9. The van der Waals surface area contributed by atoms with Gasteiger partial charge in [0.1, 0.15) is 31.3 Å². The average molecular weight is 1510 g/mol. The third-order valence-corrected chi connectivity index (χ3v) is 21.3. The number of sulfonamides is 2. The Morgan fingerprint density at radius 1 is 0.583 bits per heavy atom. The summed E-state index contributed by atoms with van der Waals surface area (Å²) in [5.41, 5.74) is 0.920. The molecule has 8 heterocycles. The molecular weight excluding hydrogens is 1400 g/mol. The van der Waals surface area contributed by atoms with E-state index in [2.05, 4.69) is 76.4 Å². The van der Waals surface area contributed by atoms with Crippen molar-refractivity contribution >= 4 is 67.3 Å². The molecule has 2 unspecified atom stereocenters. The van der Waals surface area contributed by atoms with Crippen LogP contribution in [0.4, 0.5) is 9.59 Å². The number of halogens is 2. The molecule has 25 nitrogen and oxygen atoms in total. The number of aromatic carboxylic acids is 1. The molecule has 2 atom stereocenters. The summed E-state index contributed by atoms with van der Waals surface area (Å²) in [5.74, 6) is 0.670. The van der Waals surface area contributed by atoms with Crippen molar-refractivity contribution in [3.63, 3.8) is 0 Å². The van der Waals surface area contributed by atoms with Gasteiger partial charge in [-0.3, -0.25) is 14.8 Å². The topological polar surface area (TPSA) is 325 Å². The van der Waals surface area contributed by atoms with Gasteiger partial charge >= 0.3 is 18.2 Å². The monoisotopic (exact) mass is 1510 g/mol. The van der Waals surface area contributed by atoms with E-state index in [0.717, 1.165) is 101 Å². The average Bonchev–Trinajstić information content (AvgIpc) is 1.72. The number of nitrogens with one attached hydrogen (secondary N) is 1. The number of ether oxygens (including phenoxy) is 4. The molecule has 0 spiro atoms. The highest BCUT2D eigenvalue weighted by Gasteiger charge is 2.44. The van der Waals surface area contributed by atoms with Gasteiger partial charge in [-0.2, -0.15) is 0 Å². The zero-order valence-electron chi connectivity index (χ0n) is 60.3. The number of aryl methyl sites for hydroxylation is 2. The van der Waals surface area contributed by atoms with Crippen molar-refractivity contribution < 1.29 is 60.1 Å². The van der Waals surface area contributed by atoms with Crippen LogP contribution in [0.15, 0.2) is 95.2 Å². The minimum atomic E-state index is -4.20. The minimum Gasteiger partial charge on any atom is -0.478 e. The van der Waals surface area contributed by atoms with E-state index in [4.69, 9.17) is 52.4 Å². The van der Waals surface area contributed by atoms with E-state index < -0.39 is 43.1 Å². The smallest absolute Gasteiger partial charge is 0.410 e. The number of nitrogens with two attached hydrogens (primary N) is 1. The van der Waals surface area contributed by atoms with Gasteiger partial charge < -0.3 is 33.9 Å². The third-order valence-electron chi connectivity index (χ3n) is 18.6. The Morgan fingerprint density at radius 2 is 0.990 bits per heavy atom. The molecule has 103 heavy (non-hydrogen) atoms. The lowest BCUT2D eigenvalue weighted by molar-refractivity contribution is 0.0118. The summed E-state index contributed by atoms with van der Waals surface area (Å²) in [6.07, 6.45) is 24.1. The number of pyridine rings is 4. The number of primary sulfonamides is 1. The highest BCUT2D eigenvalue weighted by molar-refractivity contribution is 7.90. The van der Waals surface area contributed by atoms with Crippen molar-refractivity contribution in [2.75, 3.05) is 26.3 Å². The van der Waals surface area contributed by atoms with Crippen LogP contribution in [-0.4, -0.2) is 144 Å². The summed E-state index contributed by atoms with van der Waals surface area (Å²) in [5, 5.41) is 22.4. The third kappa shape index (κ3) is 25.7. The Morgan fingerprint density at radius 3 is 1.35 bits per heavy atom. The first-order chi connectivity index (χ1) is 47.2. The standard InChI is InChI=1S/C36H49ClN6O6S.C21H35N3O4S.C15H16ClN3O3.2CH4/c1-34(2,3)49-33(45)42-24-25(22-35(42,4)5)10-8-7-9-11-26-12-13-27(23-38-26)50(46,47)41-32(44)28-14-15-29(39-31(28)37)43-20-16-30(40-43)48-21-19-36(6)17-18-36;1-20(2,3)28-19(25)24-15-16(13-21(24,4)5)9-7-6-8-10-17-11-12-18(14-23-17)29(22,26)27;1-15(5-6-15)7-9-22-12-4-8-19(18-12)11-3-2-10(14(20)21)13(16)17-11;;/h12-16,20,23,25H,7-11,17-19,21-22,24H2,1-6H3,(H,41,44);11-12,14,16H,6-10,13,15H2,1-5H3,(H2,22,26,27);2-4,8H,5-7,9H2,1H3,(H,20,21);2*1H4. The van der Waals surface area contributed by atoms with Crippen molar-refractivity contribution in [2.45, 2.75) is 246 Å². The van der Waals surface area contributed by atoms with Crippen LogP contribution in [0.5, 0.6) is 11.8 Å². The predicted molar refractivity (Wildman–Crippen MR) is 397 cm³/mol. The zero-order chi connectivity index (χ0) is 73.9. The van der Waals surface area contributed by atoms with Crippen molar-refractivity contribution in [3.8, 4) is 23.4 Å². The van der Waals surface area contributed by atoms with Crippen LogP contribution < -0.4 is 19.3 Å². The van der Waals surface area contributed by atoms with E-state index in [-0.39, 0.29) is 69.3 Å². The van der Waals surface area contributed by atoms with Crippen molar-refractivity contribution in [3.05, 3.63) is 118 Å². The van der Waals surface area contributed by atoms with Gasteiger partial charge in [-0.25, -0.2) is 60.4 Å². The van der Waals surface area contributed by atoms with E-state index in [1.54, 1.807) is 42.7 Å². The van der Waals surface area contributed by atoms with Gasteiger partial charge in [-0.15, -0.1) is 10.2 Å². The van der Waals surface area contributed by atoms with Crippen molar-refractivity contribution in [2.24, 2.45) is 27.8 Å². The van der Waals surface area contributed by atoms with Crippen LogP contribution in [0.2, 0.25) is 10.3 Å². The summed E-state index contributed by atoms with van der Waals surface area (Å²) < 4.78 is 76.1. The Kier molecular flexibility index (Phi) is 28.8. The molecule has 2 aliphatic heterocycles. The molecule has 4 N–H and O–H groups in total. The number of rotatable bonds is 27. The summed E-state index contributed by atoms with van der Waals surface area (Å²) in [4.78, 5) is 69.4. The number of likely N-dealkylation sites (tertiary alicyclic amines) is 2. The van der Waals surface area contributed by atoms with E-state index >= 15 is 0 Å². The number of carbonyl (C=O) groups is 4. The number of carbonyl (C=O) groups excluding carboxylic acids is 3. The summed E-state index contributed by atoms with van der Waals surface area (Å²) in [6.45, 7) is 26.9. The van der Waals surface area contributed by atoms with Crippen LogP contribution in [-0.2, 0) is 42.4 Å². The Balaban J connectivity index is 0.000000265. The van der Waals surface area contributed by atoms with Gasteiger partial charge in [0.2, 0.25) is 21.8 Å². The molecule has 6 aromatic rings. The lowest BCUT2D eigenvalue weighted by Crippen LogP contribution is -2.45. The fourth-order valence-corrected chi connectivity index (χ4v) is 14.0. The van der Waals surface area contributed by atoms with E-state index in [0.29, 0.717) is 72.2 Å². The Labute approximate surface area is 619 Å². The van der Waals surface area contributed by atoms with Gasteiger partial charge in [0, 0.05) is 72.5 Å². The summed E-state index contributed by atoms with van der Waals surface area (Å²) in [6, 6.07) is 15.7. The number of carboxylic acid groups (broad SMARTS) is 1. The van der Waals surface area contributed by atoms with Crippen LogP contribution >= 0.6 is 23.2 Å². The minimum absolute atomic E-state index is 0. The number of hydrogen-bond acceptors (Lipinski definition) is 18. The highest BCUT2D eigenvalue weighted by atomic mass is 35.5. The van der Waals surface area contributed by atoms with Crippen molar-refractivity contribution in [1.29, 1.82) is 0 Å². The van der Waals surface area contributed by atoms with Gasteiger partial charge in [0.25, 0.3) is 15.9 Å². The molecule has 4 fully saturated rings. The number of unbranched alkanes of at least 4 members (excludes halogenated alkanes) is 4. The number of nitrogens with zero attached hydrogens (tertiary/aromatic N) is 10. The van der Waals surface area contributed by atoms with Gasteiger partial charge in [0.05, 0.1) is 24.3 Å². The molecule has 0 radical (unpaired) electrons. The summed E-state index contributed by atoms with van der Waals surface area (Å²) in [7, 11) is -7.89. The first-order valence-electron chi connectivity index (χ1n) is 34.6. The highest BCUT2D eigenvalue weighted by Crippen LogP contribution is 2.49. The maximum absolute atomic E-state index is 13.0. The van der Waals surface area contributed by atoms with Crippen LogP contribution in [0, 0.1) is 22.7 Å². The largest absolute Gasteiger partial charge is 0.478 e. The van der Waals surface area contributed by atoms with Gasteiger partial charge in [-0.05, 0) is 230 Å². The molecule has 568 valence electrons. The second kappa shape index (κ2) is 35.1. The molecule has 2 saturated heterocycles. The Hall–Kier alpha value is -7.46. The molecular formula is C74H108Cl2N12O13S2. The molecule has 3 amide bonds. The number of amides is 3. The van der Waals surface area contributed by atoms with Gasteiger partial charge in [0.15, 0.2) is 11.6 Å². The zero-order valence-corrected chi connectivity index (χ0v) is 63.4. The Bertz CT molecular complexity index is 4070. The maximum atomic E-state index is 13.0. The fourth-order valence-electron chi connectivity index (χ4n) is 12.1. The molecule has 4 aliphatic rings. The first-order valence-corrected chi connectivity index (χ1v) is 38.4. The van der Waals surface area contributed by atoms with Crippen molar-refractivity contribution in [1.82, 2.24) is 54.0 Å². The molecule has 0 aromatic carbocycles. The number of hydrogen-bond donors (Lipinski definition) is 3. The number of aromatic nitrogens is 8. The predicted octanol–water partition coefficient (Wildman–Crippen LogP) is 15.5. The van der Waals surface area contributed by atoms with E-state index in [1.807, 2.05) is 51.3 Å². The molecule has 29 heteroatoms. The quantitative estimate of drug-likeness (QED) is 0.0319. The lowest BCUT2D eigenvalue weighted by Gasteiger charge is -2.33. The fraction of sp³-hybridized carbons (Fsp3) is 0.595. The molecule has 6 aromatic heterocycles. The lowest BCUT2D eigenvalue weighted by atomic mass is 9.92. The van der Waals surface area contributed by atoms with Crippen LogP contribution in [0.1, 0.15) is 233 Å². The van der Waals surface area contributed by atoms with Crippen LogP contribution in [0.3, 0.4) is 0 Å². The van der Waals surface area contributed by atoms with Gasteiger partial charge in [-0.1, -0.05) is 77.6 Å². The van der Waals surface area contributed by atoms with Crippen LogP contribution in [0.25, 0.3) is 11.6 Å². The van der Waals surface area contributed by atoms with E-state index in [9.17, 15) is 36.0 Å². The summed E-state index contributed by atoms with van der Waals surface area (Å²) >= 11 is 12.2. The normalized spacial score (nSPS) is 17.6. The molecule has 0 bridgehead atoms. The molecule has 2 aliphatic carbocycles. The molecule has 2 saturated carbocycles. The number of carboxylic acids is 1. The first kappa shape index (κ1) is 84.5. The maximum Gasteiger partial charge on any atom is 0.410 e. The molecule has 10 rings (SSSR count). The van der Waals surface area contributed by atoms with E-state index in [1.165, 1.54) is 77.8 Å². The SMILES string of the molecule is C.C.CC(C)(C)OC(=O)N1CC(CCCCCc2ccc(S(N)(=O)=O)cn2)CC1(C)C.CC1(CCOc2ccn(-c3ccc(C(=O)NS(=O)(=O)c4ccc(CCCCCC5CN(C(=O)OC(C)(C)C)C(C)(C)C5)nc4)c(Cl)n3)n2)CC1.CC1(CCOc2ccn(-c3ccc(C(=O)O)c(Cl)n3)n2)CC1.